The van der Waals surface area contributed by atoms with Crippen molar-refractivity contribution in [3.05, 3.63) is 223 Å². The summed E-state index contributed by atoms with van der Waals surface area (Å²) in [7, 11) is 0. The number of benzene rings is 10. The fourth-order valence-corrected chi connectivity index (χ4v) is 11.5. The third-order valence-corrected chi connectivity index (χ3v) is 14.9. The molecule has 68 heavy (non-hydrogen) atoms. The molecular weight excluding hydrogens is 847 g/mol. The van der Waals surface area contributed by atoms with E-state index in [4.69, 9.17) is 19.4 Å². The Labute approximate surface area is 396 Å². The quantitative estimate of drug-likeness (QED) is 0.156. The third kappa shape index (κ3) is 6.54. The molecular formula is C63H39N3OS. The zero-order valence-electron chi connectivity index (χ0n) is 36.8. The molecule has 5 heteroatoms. The van der Waals surface area contributed by atoms with Gasteiger partial charge in [-0.15, -0.1) is 11.3 Å². The number of thiophene rings is 1. The number of allylic oxidation sites excluding steroid dienone is 1. The number of hydrogen-bond donors (Lipinski definition) is 0. The molecule has 0 radical (unpaired) electrons. The molecule has 0 spiro atoms. The standard InChI is InChI=1S/C63H39N3OS/c1-2-10-38(11-3-1)40-13-8-14-47(34-40)61-64-62(66-63(65-61)49-28-31-59-54(37-49)53-16-6-7-19-58(53)68-59)48-25-22-41-33-46(24-21-42(41)35-48)52-17-9-18-57-60(52)55-36-44(27-30-56(55)67-57)43-26-29-51-45(32-43)23-20-39-12-4-5-15-50(39)51/h1-26,28-29,31-37H,27,30H2. The SMILES string of the molecule is C1=C(c2ccc3c(ccc4ccccc43)c2)CCc2oc3cccc(-c4ccc5cc(-c6nc(-c7cccc(-c8ccccc8)c7)nc(-c7ccc8sc9ccccc9c8c7)n6)ccc5c4)c3c21. The van der Waals surface area contributed by atoms with Gasteiger partial charge in [0.05, 0.1) is 0 Å². The number of aromatic nitrogens is 3. The summed E-state index contributed by atoms with van der Waals surface area (Å²) in [4.78, 5) is 15.6. The largest absolute Gasteiger partial charge is 0.460 e. The molecule has 318 valence electrons. The molecule has 3 heterocycles. The molecule has 0 bridgehead atoms. The summed E-state index contributed by atoms with van der Waals surface area (Å²) in [5.41, 5.74) is 12.1. The average molecular weight is 886 g/mol. The van der Waals surface area contributed by atoms with Gasteiger partial charge in [0.15, 0.2) is 17.5 Å². The van der Waals surface area contributed by atoms with E-state index in [-0.39, 0.29) is 0 Å². The summed E-state index contributed by atoms with van der Waals surface area (Å²) in [5.74, 6) is 2.97. The first-order chi connectivity index (χ1) is 33.6. The van der Waals surface area contributed by atoms with E-state index in [1.165, 1.54) is 64.0 Å². The van der Waals surface area contributed by atoms with Crippen LogP contribution in [0.1, 0.15) is 23.3 Å². The van der Waals surface area contributed by atoms with Crippen molar-refractivity contribution in [1.82, 2.24) is 15.0 Å². The van der Waals surface area contributed by atoms with Crippen LogP contribution in [-0.2, 0) is 6.42 Å². The first-order valence-corrected chi connectivity index (χ1v) is 24.0. The van der Waals surface area contributed by atoms with Gasteiger partial charge in [0.2, 0.25) is 0 Å². The van der Waals surface area contributed by atoms with Crippen molar-refractivity contribution in [3.8, 4) is 56.4 Å². The Morgan fingerprint density at radius 1 is 0.368 bits per heavy atom. The van der Waals surface area contributed by atoms with E-state index < -0.39 is 0 Å². The minimum Gasteiger partial charge on any atom is -0.460 e. The van der Waals surface area contributed by atoms with Gasteiger partial charge >= 0.3 is 0 Å². The Hall–Kier alpha value is -8.51. The number of hydrogen-bond acceptors (Lipinski definition) is 5. The van der Waals surface area contributed by atoms with Crippen LogP contribution in [0.15, 0.2) is 211 Å². The van der Waals surface area contributed by atoms with E-state index >= 15 is 0 Å². The smallest absolute Gasteiger partial charge is 0.164 e. The summed E-state index contributed by atoms with van der Waals surface area (Å²) in [6.45, 7) is 0. The number of fused-ring (bicyclic) bond motifs is 10. The van der Waals surface area contributed by atoms with E-state index in [1.54, 1.807) is 0 Å². The van der Waals surface area contributed by atoms with Crippen LogP contribution in [0, 0.1) is 0 Å². The molecule has 3 aromatic heterocycles. The van der Waals surface area contributed by atoms with Crippen LogP contribution >= 0.6 is 11.3 Å². The van der Waals surface area contributed by atoms with Crippen molar-refractivity contribution in [1.29, 1.82) is 0 Å². The van der Waals surface area contributed by atoms with Gasteiger partial charge in [-0.05, 0) is 133 Å². The van der Waals surface area contributed by atoms with Crippen molar-refractivity contribution < 1.29 is 4.42 Å². The van der Waals surface area contributed by atoms with E-state index in [9.17, 15) is 0 Å². The second-order valence-corrected chi connectivity index (χ2v) is 18.9. The minimum absolute atomic E-state index is 0.633. The van der Waals surface area contributed by atoms with Crippen molar-refractivity contribution in [2.45, 2.75) is 12.8 Å². The number of aryl methyl sites for hydroxylation is 1. The van der Waals surface area contributed by atoms with Gasteiger partial charge in [0.25, 0.3) is 0 Å². The molecule has 13 aromatic rings. The molecule has 10 aromatic carbocycles. The maximum atomic E-state index is 6.59. The normalized spacial score (nSPS) is 12.7. The van der Waals surface area contributed by atoms with Gasteiger partial charge < -0.3 is 4.42 Å². The molecule has 0 unspecified atom stereocenters. The lowest BCUT2D eigenvalue weighted by molar-refractivity contribution is 0.548. The molecule has 0 aliphatic heterocycles. The van der Waals surface area contributed by atoms with Crippen LogP contribution in [-0.4, -0.2) is 15.0 Å². The van der Waals surface area contributed by atoms with Gasteiger partial charge in [0, 0.05) is 54.2 Å². The lowest BCUT2D eigenvalue weighted by Crippen LogP contribution is -2.00. The monoisotopic (exact) mass is 885 g/mol. The topological polar surface area (TPSA) is 51.8 Å². The van der Waals surface area contributed by atoms with Crippen molar-refractivity contribution in [2.75, 3.05) is 0 Å². The van der Waals surface area contributed by atoms with Crippen LogP contribution in [0.4, 0.5) is 0 Å². The Morgan fingerprint density at radius 2 is 0.971 bits per heavy atom. The van der Waals surface area contributed by atoms with Crippen LogP contribution in [0.5, 0.6) is 0 Å². The fourth-order valence-electron chi connectivity index (χ4n) is 10.4. The molecule has 0 atom stereocenters. The van der Waals surface area contributed by atoms with E-state index in [0.29, 0.717) is 17.5 Å². The van der Waals surface area contributed by atoms with E-state index in [2.05, 4.69) is 206 Å². The Balaban J connectivity index is 0.851. The van der Waals surface area contributed by atoms with Crippen LogP contribution in [0.2, 0.25) is 0 Å². The minimum atomic E-state index is 0.633. The number of rotatable bonds is 6. The zero-order valence-corrected chi connectivity index (χ0v) is 37.6. The lowest BCUT2D eigenvalue weighted by Gasteiger charge is -2.15. The fraction of sp³-hybridized carbons (Fsp3) is 0.0317. The predicted octanol–water partition coefficient (Wildman–Crippen LogP) is 17.3. The van der Waals surface area contributed by atoms with Crippen molar-refractivity contribution >= 4 is 86.4 Å². The van der Waals surface area contributed by atoms with Crippen LogP contribution in [0.25, 0.3) is 132 Å². The average Bonchev–Trinajstić information content (AvgIpc) is 3.98. The van der Waals surface area contributed by atoms with Gasteiger partial charge in [-0.3, -0.25) is 0 Å². The molecule has 14 rings (SSSR count). The van der Waals surface area contributed by atoms with Gasteiger partial charge in [0.1, 0.15) is 11.3 Å². The first kappa shape index (κ1) is 38.7. The Morgan fingerprint density at radius 3 is 1.84 bits per heavy atom. The Kier molecular flexibility index (Phi) is 8.86. The summed E-state index contributed by atoms with van der Waals surface area (Å²) in [5, 5.41) is 11.0. The highest BCUT2D eigenvalue weighted by molar-refractivity contribution is 7.25. The third-order valence-electron chi connectivity index (χ3n) is 13.8. The molecule has 1 aliphatic rings. The molecule has 4 nitrogen and oxygen atoms in total. The predicted molar refractivity (Wildman–Crippen MR) is 285 cm³/mol. The lowest BCUT2D eigenvalue weighted by atomic mass is 9.88. The summed E-state index contributed by atoms with van der Waals surface area (Å²) in [6, 6.07) is 73.9. The van der Waals surface area contributed by atoms with E-state index in [1.807, 2.05) is 17.4 Å². The van der Waals surface area contributed by atoms with Gasteiger partial charge in [-0.1, -0.05) is 152 Å². The van der Waals surface area contributed by atoms with Gasteiger partial charge in [-0.25, -0.2) is 15.0 Å². The van der Waals surface area contributed by atoms with Crippen LogP contribution < -0.4 is 0 Å². The maximum absolute atomic E-state index is 6.59. The second-order valence-electron chi connectivity index (χ2n) is 17.8. The molecule has 0 N–H and O–H groups in total. The highest BCUT2D eigenvalue weighted by Gasteiger charge is 2.22. The molecule has 0 saturated carbocycles. The van der Waals surface area contributed by atoms with Crippen LogP contribution in [0.3, 0.4) is 0 Å². The maximum Gasteiger partial charge on any atom is 0.164 e. The highest BCUT2D eigenvalue weighted by atomic mass is 32.1. The van der Waals surface area contributed by atoms with Crippen molar-refractivity contribution in [3.63, 3.8) is 0 Å². The molecule has 0 fully saturated rings. The summed E-state index contributed by atoms with van der Waals surface area (Å²) < 4.78 is 9.11. The first-order valence-electron chi connectivity index (χ1n) is 23.2. The second kappa shape index (κ2) is 15.6. The molecule has 0 amide bonds. The molecule has 1 aliphatic carbocycles. The number of nitrogens with zero attached hydrogens (tertiary/aromatic N) is 3. The summed E-state index contributed by atoms with van der Waals surface area (Å²) >= 11 is 1.81. The van der Waals surface area contributed by atoms with Crippen molar-refractivity contribution in [2.24, 2.45) is 0 Å². The summed E-state index contributed by atoms with van der Waals surface area (Å²) in [6.07, 6.45) is 4.17. The Bertz CT molecular complexity index is 4220. The number of furan rings is 1. The van der Waals surface area contributed by atoms with Gasteiger partial charge in [-0.2, -0.15) is 0 Å². The molecule has 0 saturated heterocycles. The highest BCUT2D eigenvalue weighted by Crippen LogP contribution is 2.43. The van der Waals surface area contributed by atoms with E-state index in [0.717, 1.165) is 73.7 Å². The zero-order chi connectivity index (χ0) is 44.7.